The van der Waals surface area contributed by atoms with Crippen molar-refractivity contribution in [3.8, 4) is 0 Å². The number of allylic oxidation sites excluding steroid dienone is 1. The van der Waals surface area contributed by atoms with Crippen LogP contribution in [0.5, 0.6) is 0 Å². The van der Waals surface area contributed by atoms with Crippen LogP contribution in [-0.4, -0.2) is 20.5 Å². The van der Waals surface area contributed by atoms with E-state index in [9.17, 15) is 14.9 Å². The smallest absolute Gasteiger partial charge is 0.270 e. The number of nitro groups is 1. The number of non-ortho nitro benzene ring substituents is 1. The van der Waals surface area contributed by atoms with E-state index in [-0.39, 0.29) is 17.0 Å². The molecule has 6 heteroatoms. The number of aryl methyl sites for hydroxylation is 1. The zero-order chi connectivity index (χ0) is 13.8. The Labute approximate surface area is 109 Å². The van der Waals surface area contributed by atoms with E-state index >= 15 is 0 Å². The molecule has 0 aliphatic heterocycles. The van der Waals surface area contributed by atoms with Crippen LogP contribution in [0.2, 0.25) is 0 Å². The second kappa shape index (κ2) is 5.26. The molecule has 0 atom stereocenters. The van der Waals surface area contributed by atoms with Crippen molar-refractivity contribution in [1.29, 1.82) is 0 Å². The largest absolute Gasteiger partial charge is 0.289 e. The summed E-state index contributed by atoms with van der Waals surface area (Å²) in [5.41, 5.74) is 0.983. The number of aromatic nitrogens is 2. The van der Waals surface area contributed by atoms with E-state index in [0.717, 1.165) is 5.56 Å². The van der Waals surface area contributed by atoms with Crippen molar-refractivity contribution in [2.45, 2.75) is 0 Å². The van der Waals surface area contributed by atoms with Gasteiger partial charge >= 0.3 is 0 Å². The molecule has 1 heterocycles. The summed E-state index contributed by atoms with van der Waals surface area (Å²) >= 11 is 0. The van der Waals surface area contributed by atoms with Gasteiger partial charge in [0.15, 0.2) is 5.78 Å². The molecular formula is C13H11N3O3. The first-order chi connectivity index (χ1) is 9.06. The van der Waals surface area contributed by atoms with Crippen LogP contribution in [0.15, 0.2) is 42.7 Å². The minimum absolute atomic E-state index is 0.0966. The number of nitrogens with zero attached hydrogens (tertiary/aromatic N) is 3. The second-order valence-corrected chi connectivity index (χ2v) is 3.95. The molecule has 6 nitrogen and oxygen atoms in total. The maximum Gasteiger partial charge on any atom is 0.270 e. The molecule has 0 spiro atoms. The third-order valence-corrected chi connectivity index (χ3v) is 2.49. The third-order valence-electron chi connectivity index (χ3n) is 2.49. The number of carbonyl (C=O) groups is 1. The number of ketones is 1. The Morgan fingerprint density at radius 2 is 2.26 bits per heavy atom. The summed E-state index contributed by atoms with van der Waals surface area (Å²) in [7, 11) is 1.78. The molecule has 0 aliphatic rings. The van der Waals surface area contributed by atoms with Crippen molar-refractivity contribution in [1.82, 2.24) is 9.78 Å². The van der Waals surface area contributed by atoms with Gasteiger partial charge in [-0.25, -0.2) is 0 Å². The van der Waals surface area contributed by atoms with Crippen molar-refractivity contribution >= 4 is 17.5 Å². The van der Waals surface area contributed by atoms with Crippen LogP contribution >= 0.6 is 0 Å². The number of benzene rings is 1. The standard InChI is InChI=1S/C13H11N3O3/c1-15-9-10(8-14-15)5-6-13(17)11-3-2-4-12(7-11)16(18)19/h2-9H,1H3/b6-5+. The van der Waals surface area contributed by atoms with Gasteiger partial charge in [0, 0.05) is 36.5 Å². The summed E-state index contributed by atoms with van der Waals surface area (Å²) in [6.07, 6.45) is 6.37. The van der Waals surface area contributed by atoms with Gasteiger partial charge in [0.2, 0.25) is 0 Å². The third kappa shape index (κ3) is 3.12. The molecule has 1 aromatic heterocycles. The van der Waals surface area contributed by atoms with E-state index in [1.807, 2.05) is 0 Å². The number of carbonyl (C=O) groups excluding carboxylic acids is 1. The highest BCUT2D eigenvalue weighted by atomic mass is 16.6. The van der Waals surface area contributed by atoms with Crippen molar-refractivity contribution in [2.24, 2.45) is 7.05 Å². The molecule has 0 saturated carbocycles. The molecule has 96 valence electrons. The lowest BCUT2D eigenvalue weighted by atomic mass is 10.1. The Balaban J connectivity index is 2.18. The molecule has 0 bridgehead atoms. The van der Waals surface area contributed by atoms with Crippen LogP contribution in [-0.2, 0) is 7.05 Å². The van der Waals surface area contributed by atoms with E-state index in [1.165, 1.54) is 24.3 Å². The molecule has 2 rings (SSSR count). The molecule has 0 fully saturated rings. The maximum atomic E-state index is 11.9. The minimum atomic E-state index is -0.526. The number of rotatable bonds is 4. The highest BCUT2D eigenvalue weighted by Crippen LogP contribution is 2.14. The normalized spacial score (nSPS) is 10.8. The first-order valence-corrected chi connectivity index (χ1v) is 5.52. The topological polar surface area (TPSA) is 78.0 Å². The molecule has 0 amide bonds. The average molecular weight is 257 g/mol. The van der Waals surface area contributed by atoms with Gasteiger partial charge in [0.05, 0.1) is 11.1 Å². The Morgan fingerprint density at radius 1 is 1.47 bits per heavy atom. The highest BCUT2D eigenvalue weighted by molar-refractivity contribution is 6.07. The van der Waals surface area contributed by atoms with Crippen molar-refractivity contribution < 1.29 is 9.72 Å². The maximum absolute atomic E-state index is 11.9. The Bertz CT molecular complexity index is 659. The fourth-order valence-electron chi connectivity index (χ4n) is 1.57. The van der Waals surface area contributed by atoms with Crippen LogP contribution in [0.4, 0.5) is 5.69 Å². The molecule has 0 radical (unpaired) electrons. The van der Waals surface area contributed by atoms with Gasteiger partial charge in [-0.3, -0.25) is 19.6 Å². The van der Waals surface area contributed by atoms with E-state index in [0.29, 0.717) is 0 Å². The van der Waals surface area contributed by atoms with Gasteiger partial charge < -0.3 is 0 Å². The molecule has 0 aliphatic carbocycles. The lowest BCUT2D eigenvalue weighted by Gasteiger charge is -1.95. The van der Waals surface area contributed by atoms with Crippen molar-refractivity contribution in [3.05, 3.63) is 64.0 Å². The van der Waals surface area contributed by atoms with Crippen LogP contribution in [0, 0.1) is 10.1 Å². The Morgan fingerprint density at radius 3 is 2.89 bits per heavy atom. The van der Waals surface area contributed by atoms with Crippen molar-refractivity contribution in [3.63, 3.8) is 0 Å². The molecular weight excluding hydrogens is 246 g/mol. The van der Waals surface area contributed by atoms with E-state index in [1.54, 1.807) is 36.3 Å². The summed E-state index contributed by atoms with van der Waals surface area (Å²) in [6, 6.07) is 5.64. The highest BCUT2D eigenvalue weighted by Gasteiger charge is 2.09. The van der Waals surface area contributed by atoms with Gasteiger partial charge in [-0.15, -0.1) is 0 Å². The lowest BCUT2D eigenvalue weighted by Crippen LogP contribution is -1.96. The predicted octanol–water partition coefficient (Wildman–Crippen LogP) is 2.22. The van der Waals surface area contributed by atoms with Gasteiger partial charge in [0.25, 0.3) is 5.69 Å². The summed E-state index contributed by atoms with van der Waals surface area (Å²) in [5.74, 6) is -0.285. The number of nitro benzene ring substituents is 1. The predicted molar refractivity (Wildman–Crippen MR) is 69.7 cm³/mol. The second-order valence-electron chi connectivity index (χ2n) is 3.95. The molecule has 19 heavy (non-hydrogen) atoms. The lowest BCUT2D eigenvalue weighted by molar-refractivity contribution is -0.384. The quantitative estimate of drug-likeness (QED) is 0.364. The molecule has 0 unspecified atom stereocenters. The van der Waals surface area contributed by atoms with E-state index in [2.05, 4.69) is 5.10 Å². The molecule has 1 aromatic carbocycles. The zero-order valence-electron chi connectivity index (χ0n) is 10.2. The minimum Gasteiger partial charge on any atom is -0.289 e. The van der Waals surface area contributed by atoms with E-state index < -0.39 is 4.92 Å². The fraction of sp³-hybridized carbons (Fsp3) is 0.0769. The van der Waals surface area contributed by atoms with Gasteiger partial charge in [-0.1, -0.05) is 12.1 Å². The number of hydrogen-bond donors (Lipinski definition) is 0. The monoisotopic (exact) mass is 257 g/mol. The Kier molecular flexibility index (Phi) is 3.51. The SMILES string of the molecule is Cn1cc(/C=C/C(=O)c2cccc([N+](=O)[O-])c2)cn1. The fourth-order valence-corrected chi connectivity index (χ4v) is 1.57. The summed E-state index contributed by atoms with van der Waals surface area (Å²) < 4.78 is 1.62. The average Bonchev–Trinajstić information content (AvgIpc) is 2.82. The first kappa shape index (κ1) is 12.7. The first-order valence-electron chi connectivity index (χ1n) is 5.52. The summed E-state index contributed by atoms with van der Waals surface area (Å²) in [4.78, 5) is 22.0. The van der Waals surface area contributed by atoms with Crippen LogP contribution in [0.25, 0.3) is 6.08 Å². The summed E-state index contributed by atoms with van der Waals surface area (Å²) in [5, 5.41) is 14.6. The van der Waals surface area contributed by atoms with E-state index in [4.69, 9.17) is 0 Å². The van der Waals surface area contributed by atoms with Gasteiger partial charge in [-0.05, 0) is 12.2 Å². The zero-order valence-corrected chi connectivity index (χ0v) is 10.2. The van der Waals surface area contributed by atoms with Crippen LogP contribution in [0.1, 0.15) is 15.9 Å². The van der Waals surface area contributed by atoms with Crippen molar-refractivity contribution in [2.75, 3.05) is 0 Å². The molecule has 0 saturated heterocycles. The van der Waals surface area contributed by atoms with Gasteiger partial charge in [0.1, 0.15) is 0 Å². The number of hydrogen-bond acceptors (Lipinski definition) is 4. The van der Waals surface area contributed by atoms with Crippen LogP contribution < -0.4 is 0 Å². The molecule has 0 N–H and O–H groups in total. The van der Waals surface area contributed by atoms with Gasteiger partial charge in [-0.2, -0.15) is 5.10 Å². The van der Waals surface area contributed by atoms with Crippen LogP contribution in [0.3, 0.4) is 0 Å². The Hall–Kier alpha value is -2.76. The molecule has 2 aromatic rings. The summed E-state index contributed by atoms with van der Waals surface area (Å²) in [6.45, 7) is 0.